The normalized spacial score (nSPS) is 13.9. The van der Waals surface area contributed by atoms with E-state index in [9.17, 15) is 4.79 Å². The summed E-state index contributed by atoms with van der Waals surface area (Å²) in [6.07, 6.45) is 0.456. The molecule has 0 aromatic carbocycles. The van der Waals surface area contributed by atoms with Gasteiger partial charge in [0.25, 0.3) is 0 Å². The van der Waals surface area contributed by atoms with Gasteiger partial charge in [-0.15, -0.1) is 0 Å². The van der Waals surface area contributed by atoms with Crippen molar-refractivity contribution >= 4 is 17.7 Å². The summed E-state index contributed by atoms with van der Waals surface area (Å²) in [4.78, 5) is 10.9. The quantitative estimate of drug-likeness (QED) is 0.689. The van der Waals surface area contributed by atoms with Crippen LogP contribution in [0.25, 0.3) is 0 Å². The van der Waals surface area contributed by atoms with Gasteiger partial charge in [-0.3, -0.25) is 4.79 Å². The molecule has 4 heteroatoms. The third-order valence-electron chi connectivity index (χ3n) is 1.42. The van der Waals surface area contributed by atoms with Gasteiger partial charge in [0.05, 0.1) is 13.5 Å². The lowest BCUT2D eigenvalue weighted by Crippen LogP contribution is -2.35. The zero-order valence-corrected chi connectivity index (χ0v) is 9.61. The first kappa shape index (κ1) is 12.8. The smallest absolute Gasteiger partial charge is 0.306 e. The fraction of sp³-hybridized carbons (Fsp3) is 0.889. The summed E-state index contributed by atoms with van der Waals surface area (Å²) in [5.41, 5.74) is 5.64. The van der Waals surface area contributed by atoms with Crippen molar-refractivity contribution in [3.8, 4) is 0 Å². The number of hydrogen-bond donors (Lipinski definition) is 1. The SMILES string of the molecule is COC(=O)CC(C)SCC(C)(C)N. The Morgan fingerprint density at radius 2 is 2.15 bits per heavy atom. The fourth-order valence-corrected chi connectivity index (χ4v) is 1.70. The Morgan fingerprint density at radius 1 is 1.62 bits per heavy atom. The number of esters is 1. The highest BCUT2D eigenvalue weighted by molar-refractivity contribution is 7.99. The number of nitrogens with two attached hydrogens (primary N) is 1. The second-order valence-corrected chi connectivity index (χ2v) is 5.32. The van der Waals surface area contributed by atoms with E-state index in [4.69, 9.17) is 5.73 Å². The Bertz CT molecular complexity index is 165. The van der Waals surface area contributed by atoms with Gasteiger partial charge < -0.3 is 10.5 Å². The first-order chi connectivity index (χ1) is 5.85. The molecule has 0 fully saturated rings. The molecule has 0 aliphatic heterocycles. The zero-order chi connectivity index (χ0) is 10.5. The number of rotatable bonds is 5. The van der Waals surface area contributed by atoms with Crippen LogP contribution in [0.3, 0.4) is 0 Å². The van der Waals surface area contributed by atoms with E-state index in [1.165, 1.54) is 7.11 Å². The van der Waals surface area contributed by atoms with Crippen LogP contribution in [0.1, 0.15) is 27.2 Å². The van der Waals surface area contributed by atoms with E-state index < -0.39 is 0 Å². The lowest BCUT2D eigenvalue weighted by molar-refractivity contribution is -0.140. The van der Waals surface area contributed by atoms with Crippen molar-refractivity contribution in [3.63, 3.8) is 0 Å². The number of ether oxygens (including phenoxy) is 1. The largest absolute Gasteiger partial charge is 0.469 e. The van der Waals surface area contributed by atoms with Crippen molar-refractivity contribution in [3.05, 3.63) is 0 Å². The first-order valence-electron chi connectivity index (χ1n) is 4.32. The second-order valence-electron chi connectivity index (χ2n) is 3.89. The third kappa shape index (κ3) is 8.12. The number of carbonyl (C=O) groups is 1. The summed E-state index contributed by atoms with van der Waals surface area (Å²) >= 11 is 1.70. The molecule has 0 saturated carbocycles. The summed E-state index contributed by atoms with van der Waals surface area (Å²) < 4.78 is 4.57. The lowest BCUT2D eigenvalue weighted by atomic mass is 10.1. The van der Waals surface area contributed by atoms with Crippen LogP contribution in [0.4, 0.5) is 0 Å². The van der Waals surface area contributed by atoms with Gasteiger partial charge >= 0.3 is 5.97 Å². The number of methoxy groups -OCH3 is 1. The molecule has 0 rings (SSSR count). The third-order valence-corrected chi connectivity index (χ3v) is 3.07. The van der Waals surface area contributed by atoms with Crippen molar-refractivity contribution in [1.82, 2.24) is 0 Å². The van der Waals surface area contributed by atoms with E-state index in [-0.39, 0.29) is 16.8 Å². The van der Waals surface area contributed by atoms with E-state index in [1.54, 1.807) is 11.8 Å². The molecule has 0 radical (unpaired) electrons. The summed E-state index contributed by atoms with van der Waals surface area (Å²) in [6, 6.07) is 0. The molecule has 3 nitrogen and oxygen atoms in total. The van der Waals surface area contributed by atoms with E-state index in [0.29, 0.717) is 6.42 Å². The fourth-order valence-electron chi connectivity index (χ4n) is 0.734. The molecule has 0 spiro atoms. The zero-order valence-electron chi connectivity index (χ0n) is 8.79. The Hall–Kier alpha value is -0.220. The Balaban J connectivity index is 3.63. The van der Waals surface area contributed by atoms with Crippen molar-refractivity contribution in [1.29, 1.82) is 0 Å². The van der Waals surface area contributed by atoms with Gasteiger partial charge in [-0.1, -0.05) is 6.92 Å². The van der Waals surface area contributed by atoms with Gasteiger partial charge in [-0.25, -0.2) is 0 Å². The highest BCUT2D eigenvalue weighted by Gasteiger charge is 2.15. The van der Waals surface area contributed by atoms with E-state index in [2.05, 4.69) is 4.74 Å². The van der Waals surface area contributed by atoms with Gasteiger partial charge in [0.15, 0.2) is 0 Å². The summed E-state index contributed by atoms with van der Waals surface area (Å²) in [7, 11) is 1.41. The molecule has 1 atom stereocenters. The minimum absolute atomic E-state index is 0.158. The number of hydrogen-bond acceptors (Lipinski definition) is 4. The van der Waals surface area contributed by atoms with Crippen LogP contribution in [-0.2, 0) is 9.53 Å². The van der Waals surface area contributed by atoms with Crippen LogP contribution >= 0.6 is 11.8 Å². The molecule has 78 valence electrons. The lowest BCUT2D eigenvalue weighted by Gasteiger charge is -2.20. The minimum Gasteiger partial charge on any atom is -0.469 e. The molecule has 0 aromatic rings. The van der Waals surface area contributed by atoms with Crippen molar-refractivity contribution < 1.29 is 9.53 Å². The summed E-state index contributed by atoms with van der Waals surface area (Å²) in [5, 5.41) is 0.273. The predicted octanol–water partition coefficient (Wildman–Crippen LogP) is 1.41. The summed E-state index contributed by atoms with van der Waals surface area (Å²) in [5.74, 6) is 0.695. The molecule has 0 aromatic heterocycles. The molecular weight excluding hydrogens is 186 g/mol. The first-order valence-corrected chi connectivity index (χ1v) is 5.37. The summed E-state index contributed by atoms with van der Waals surface area (Å²) in [6.45, 7) is 5.96. The molecular formula is C9H19NO2S. The average molecular weight is 205 g/mol. The van der Waals surface area contributed by atoms with Crippen molar-refractivity contribution in [2.24, 2.45) is 5.73 Å². The molecule has 13 heavy (non-hydrogen) atoms. The van der Waals surface area contributed by atoms with E-state index in [0.717, 1.165) is 5.75 Å². The van der Waals surface area contributed by atoms with Crippen LogP contribution in [-0.4, -0.2) is 29.6 Å². The van der Waals surface area contributed by atoms with E-state index in [1.807, 2.05) is 20.8 Å². The predicted molar refractivity (Wildman–Crippen MR) is 56.8 cm³/mol. The van der Waals surface area contributed by atoms with Gasteiger partial charge in [0.2, 0.25) is 0 Å². The highest BCUT2D eigenvalue weighted by atomic mass is 32.2. The monoisotopic (exact) mass is 205 g/mol. The maximum Gasteiger partial charge on any atom is 0.306 e. The molecule has 0 aliphatic carbocycles. The van der Waals surface area contributed by atoms with Crippen molar-refractivity contribution in [2.75, 3.05) is 12.9 Å². The molecule has 1 unspecified atom stereocenters. The molecule has 0 heterocycles. The van der Waals surface area contributed by atoms with E-state index >= 15 is 0 Å². The standard InChI is InChI=1S/C9H19NO2S/c1-7(5-8(11)12-4)13-6-9(2,3)10/h7H,5-6,10H2,1-4H3. The Kier molecular flexibility index (Phi) is 5.40. The molecule has 0 amide bonds. The van der Waals surface area contributed by atoms with Crippen LogP contribution < -0.4 is 5.73 Å². The van der Waals surface area contributed by atoms with Gasteiger partial charge in [-0.05, 0) is 13.8 Å². The van der Waals surface area contributed by atoms with Gasteiger partial charge in [0, 0.05) is 16.5 Å². The highest BCUT2D eigenvalue weighted by Crippen LogP contribution is 2.18. The van der Waals surface area contributed by atoms with Crippen molar-refractivity contribution in [2.45, 2.75) is 38.0 Å². The van der Waals surface area contributed by atoms with Gasteiger partial charge in [0.1, 0.15) is 0 Å². The minimum atomic E-state index is -0.172. The molecule has 0 aliphatic rings. The number of thioether (sulfide) groups is 1. The van der Waals surface area contributed by atoms with Crippen LogP contribution in [0.15, 0.2) is 0 Å². The topological polar surface area (TPSA) is 52.3 Å². The van der Waals surface area contributed by atoms with Crippen LogP contribution in [0.2, 0.25) is 0 Å². The average Bonchev–Trinajstić information content (AvgIpc) is 1.99. The van der Waals surface area contributed by atoms with Crippen LogP contribution in [0.5, 0.6) is 0 Å². The maximum absolute atomic E-state index is 10.9. The molecule has 0 bridgehead atoms. The Morgan fingerprint density at radius 3 is 2.54 bits per heavy atom. The van der Waals surface area contributed by atoms with Crippen LogP contribution in [0, 0.1) is 0 Å². The number of carbonyl (C=O) groups excluding carboxylic acids is 1. The second kappa shape index (κ2) is 5.50. The molecule has 0 saturated heterocycles. The van der Waals surface area contributed by atoms with Gasteiger partial charge in [-0.2, -0.15) is 11.8 Å². The molecule has 2 N–H and O–H groups in total. The maximum atomic E-state index is 10.9. The Labute approximate surface area is 84.4 Å².